The Morgan fingerprint density at radius 3 is 2.83 bits per heavy atom. The summed E-state index contributed by atoms with van der Waals surface area (Å²) in [6.07, 6.45) is -0.879. The number of fused-ring (bicyclic) bond motifs is 1. The quantitative estimate of drug-likeness (QED) is 0.611. The molecule has 1 unspecified atom stereocenters. The van der Waals surface area contributed by atoms with Gasteiger partial charge >= 0.3 is 6.09 Å². The predicted molar refractivity (Wildman–Crippen MR) is 68.9 cm³/mol. The van der Waals surface area contributed by atoms with E-state index in [2.05, 4.69) is 0 Å². The molecule has 0 bridgehead atoms. The lowest BCUT2D eigenvalue weighted by molar-refractivity contribution is -0.0224. The van der Waals surface area contributed by atoms with Crippen molar-refractivity contribution < 1.29 is 14.3 Å². The molecular weight excluding hydrogens is 254 g/mol. The fourth-order valence-corrected chi connectivity index (χ4v) is 2.04. The molecule has 0 radical (unpaired) electrons. The number of halogens is 1. The van der Waals surface area contributed by atoms with Crippen molar-refractivity contribution in [2.24, 2.45) is 0 Å². The maximum atomic E-state index is 11.8. The van der Waals surface area contributed by atoms with Crippen molar-refractivity contribution in [3.8, 4) is 5.75 Å². The summed E-state index contributed by atoms with van der Waals surface area (Å²) in [6.45, 7) is 3.79. The summed E-state index contributed by atoms with van der Waals surface area (Å²) in [5, 5.41) is 0. The standard InChI is InChI=1S/C13H16ClNO3/c1-13(2)11(17-12(16)15(3)8-14)9-6-4-5-7-10(9)18-13/h4-7,11H,8H2,1-3H3. The van der Waals surface area contributed by atoms with E-state index in [0.717, 1.165) is 11.3 Å². The zero-order valence-corrected chi connectivity index (χ0v) is 11.4. The Hall–Kier alpha value is -1.42. The van der Waals surface area contributed by atoms with Crippen LogP contribution in [0.3, 0.4) is 0 Å². The molecule has 2 rings (SSSR count). The molecule has 1 aliphatic rings. The van der Waals surface area contributed by atoms with Crippen molar-refractivity contribution in [1.29, 1.82) is 0 Å². The number of carbonyl (C=O) groups excluding carboxylic acids is 1. The summed E-state index contributed by atoms with van der Waals surface area (Å²) in [5.41, 5.74) is 0.311. The fourth-order valence-electron chi connectivity index (χ4n) is 1.95. The van der Waals surface area contributed by atoms with Crippen LogP contribution in [-0.2, 0) is 4.74 Å². The highest BCUT2D eigenvalue weighted by Crippen LogP contribution is 2.45. The van der Waals surface area contributed by atoms with E-state index in [1.165, 1.54) is 4.90 Å². The van der Waals surface area contributed by atoms with Crippen molar-refractivity contribution in [3.05, 3.63) is 29.8 Å². The third kappa shape index (κ3) is 2.25. The van der Waals surface area contributed by atoms with E-state index in [9.17, 15) is 4.79 Å². The highest BCUT2D eigenvalue weighted by atomic mass is 35.5. The normalized spacial score (nSPS) is 19.9. The molecule has 4 nitrogen and oxygen atoms in total. The first kappa shape index (κ1) is 13.0. The number of hydrogen-bond donors (Lipinski definition) is 0. The average Bonchev–Trinajstić information content (AvgIpc) is 2.59. The number of rotatable bonds is 2. The van der Waals surface area contributed by atoms with Gasteiger partial charge in [-0.2, -0.15) is 0 Å². The fraction of sp³-hybridized carbons (Fsp3) is 0.462. The van der Waals surface area contributed by atoms with E-state index in [0.29, 0.717) is 0 Å². The van der Waals surface area contributed by atoms with Gasteiger partial charge in [0.1, 0.15) is 11.4 Å². The van der Waals surface area contributed by atoms with Crippen molar-refractivity contribution >= 4 is 17.7 Å². The Morgan fingerprint density at radius 2 is 2.17 bits per heavy atom. The van der Waals surface area contributed by atoms with E-state index in [4.69, 9.17) is 21.1 Å². The lowest BCUT2D eigenvalue weighted by Crippen LogP contribution is -2.36. The van der Waals surface area contributed by atoms with Gasteiger partial charge in [-0.3, -0.25) is 4.90 Å². The summed E-state index contributed by atoms with van der Waals surface area (Å²) >= 11 is 5.60. The van der Waals surface area contributed by atoms with Crippen molar-refractivity contribution in [2.45, 2.75) is 25.6 Å². The molecule has 1 aliphatic heterocycles. The maximum absolute atomic E-state index is 11.8. The van der Waals surface area contributed by atoms with Gasteiger partial charge in [0.15, 0.2) is 6.10 Å². The second-order valence-electron chi connectivity index (χ2n) is 4.82. The topological polar surface area (TPSA) is 38.8 Å². The number of ether oxygens (including phenoxy) is 2. The average molecular weight is 270 g/mol. The van der Waals surface area contributed by atoms with Crippen LogP contribution in [0.25, 0.3) is 0 Å². The van der Waals surface area contributed by atoms with Crippen LogP contribution in [0.15, 0.2) is 24.3 Å². The minimum Gasteiger partial charge on any atom is -0.483 e. The number of para-hydroxylation sites is 1. The van der Waals surface area contributed by atoms with E-state index in [-0.39, 0.29) is 6.00 Å². The van der Waals surface area contributed by atoms with Crippen molar-refractivity contribution in [2.75, 3.05) is 13.1 Å². The van der Waals surface area contributed by atoms with Crippen LogP contribution in [0.2, 0.25) is 0 Å². The third-order valence-electron chi connectivity index (χ3n) is 2.92. The molecule has 1 heterocycles. The number of carbonyl (C=O) groups is 1. The predicted octanol–water partition coefficient (Wildman–Crippen LogP) is 3.16. The summed E-state index contributed by atoms with van der Waals surface area (Å²) < 4.78 is 11.3. The zero-order valence-electron chi connectivity index (χ0n) is 10.6. The third-order valence-corrected chi connectivity index (χ3v) is 3.27. The molecule has 98 valence electrons. The van der Waals surface area contributed by atoms with E-state index < -0.39 is 17.8 Å². The molecule has 0 N–H and O–H groups in total. The molecule has 0 spiro atoms. The molecule has 1 aromatic rings. The highest BCUT2D eigenvalue weighted by Gasteiger charge is 2.44. The number of benzene rings is 1. The smallest absolute Gasteiger partial charge is 0.411 e. The van der Waals surface area contributed by atoms with E-state index >= 15 is 0 Å². The molecule has 0 saturated heterocycles. The molecule has 0 aliphatic carbocycles. The Labute approximate surface area is 111 Å². The van der Waals surface area contributed by atoms with Gasteiger partial charge in [-0.15, -0.1) is 11.6 Å². The first-order valence-electron chi connectivity index (χ1n) is 5.71. The van der Waals surface area contributed by atoms with Crippen LogP contribution < -0.4 is 4.74 Å². The van der Waals surface area contributed by atoms with Gasteiger partial charge in [-0.05, 0) is 19.9 Å². The van der Waals surface area contributed by atoms with Crippen LogP contribution in [0.1, 0.15) is 25.5 Å². The van der Waals surface area contributed by atoms with Gasteiger partial charge in [0.2, 0.25) is 0 Å². The van der Waals surface area contributed by atoms with Gasteiger partial charge in [-0.25, -0.2) is 4.79 Å². The second kappa shape index (κ2) is 4.69. The number of alkyl halides is 1. The van der Waals surface area contributed by atoms with Crippen LogP contribution in [0, 0.1) is 0 Å². The van der Waals surface area contributed by atoms with Gasteiger partial charge in [0, 0.05) is 12.6 Å². The van der Waals surface area contributed by atoms with Crippen LogP contribution >= 0.6 is 11.6 Å². The molecule has 18 heavy (non-hydrogen) atoms. The zero-order chi connectivity index (χ0) is 13.3. The maximum Gasteiger partial charge on any atom is 0.411 e. The van der Waals surface area contributed by atoms with E-state index in [1.807, 2.05) is 38.1 Å². The van der Waals surface area contributed by atoms with Crippen molar-refractivity contribution in [3.63, 3.8) is 0 Å². The molecule has 5 heteroatoms. The summed E-state index contributed by atoms with van der Waals surface area (Å²) in [4.78, 5) is 13.1. The molecule has 1 aromatic carbocycles. The number of nitrogens with zero attached hydrogens (tertiary/aromatic N) is 1. The highest BCUT2D eigenvalue weighted by molar-refractivity contribution is 6.18. The van der Waals surface area contributed by atoms with E-state index in [1.54, 1.807) is 7.05 Å². The number of hydrogen-bond acceptors (Lipinski definition) is 3. The van der Waals surface area contributed by atoms with Gasteiger partial charge in [0.05, 0.1) is 6.00 Å². The first-order valence-corrected chi connectivity index (χ1v) is 6.25. The summed E-state index contributed by atoms with van der Waals surface area (Å²) in [7, 11) is 1.59. The largest absolute Gasteiger partial charge is 0.483 e. The Morgan fingerprint density at radius 1 is 1.50 bits per heavy atom. The minimum absolute atomic E-state index is 0.0918. The second-order valence-corrected chi connectivity index (χ2v) is 5.06. The molecule has 0 fully saturated rings. The van der Waals surface area contributed by atoms with Gasteiger partial charge < -0.3 is 9.47 Å². The molecular formula is C13H16ClNO3. The van der Waals surface area contributed by atoms with Crippen LogP contribution in [0.5, 0.6) is 5.75 Å². The summed E-state index contributed by atoms with van der Waals surface area (Å²) in [5.74, 6) is 0.758. The van der Waals surface area contributed by atoms with Crippen LogP contribution in [0.4, 0.5) is 4.79 Å². The SMILES string of the molecule is CN(CCl)C(=O)OC1c2ccccc2OC1(C)C. The molecule has 1 amide bonds. The van der Waals surface area contributed by atoms with Gasteiger partial charge in [-0.1, -0.05) is 18.2 Å². The summed E-state index contributed by atoms with van der Waals surface area (Å²) in [6, 6.07) is 7.66. The van der Waals surface area contributed by atoms with Crippen LogP contribution in [-0.4, -0.2) is 29.6 Å². The minimum atomic E-state index is -0.577. The lowest BCUT2D eigenvalue weighted by Gasteiger charge is -2.27. The lowest BCUT2D eigenvalue weighted by atomic mass is 9.97. The molecule has 0 aromatic heterocycles. The monoisotopic (exact) mass is 269 g/mol. The molecule has 0 saturated carbocycles. The Balaban J connectivity index is 2.23. The Bertz CT molecular complexity index is 461. The number of amides is 1. The van der Waals surface area contributed by atoms with Gasteiger partial charge in [0.25, 0.3) is 0 Å². The van der Waals surface area contributed by atoms with Crippen molar-refractivity contribution in [1.82, 2.24) is 4.90 Å². The Kier molecular flexibility index (Phi) is 3.39. The molecule has 1 atom stereocenters. The first-order chi connectivity index (χ1) is 8.45.